The minimum absolute atomic E-state index is 0.559. The Morgan fingerprint density at radius 2 is 0.630 bits per heavy atom. The maximum Gasteiger partial charge on any atom is 0.0468 e. The lowest BCUT2D eigenvalue weighted by Crippen LogP contribution is -2.13. The Kier molecular flexibility index (Phi) is 8.46. The van der Waals surface area contributed by atoms with Gasteiger partial charge < -0.3 is 21.3 Å². The van der Waals surface area contributed by atoms with Gasteiger partial charge in [-0.3, -0.25) is 0 Å². The Morgan fingerprint density at radius 1 is 0.326 bits per heavy atom. The summed E-state index contributed by atoms with van der Waals surface area (Å²) in [7, 11) is 0. The van der Waals surface area contributed by atoms with Gasteiger partial charge in [-0.05, 0) is 131 Å². The smallest absolute Gasteiger partial charge is 0.0468 e. The first-order valence-corrected chi connectivity index (χ1v) is 16.0. The number of nitrogens with two attached hydrogens (primary N) is 2. The molecule has 226 valence electrons. The normalized spacial score (nSPS) is 11.2. The van der Waals surface area contributed by atoms with E-state index in [9.17, 15) is 0 Å². The van der Waals surface area contributed by atoms with Crippen molar-refractivity contribution in [2.45, 2.75) is 12.8 Å². The van der Waals surface area contributed by atoms with Crippen LogP contribution in [-0.4, -0.2) is 13.1 Å². The summed E-state index contributed by atoms with van der Waals surface area (Å²) in [6.45, 7) is 1.12. The van der Waals surface area contributed by atoms with Gasteiger partial charge in [0.05, 0.1) is 0 Å². The minimum atomic E-state index is 0.559. The molecule has 0 atom stereocenters. The number of hydrogen-bond donors (Lipinski definition) is 2. The lowest BCUT2D eigenvalue weighted by Gasteiger charge is -2.28. The van der Waals surface area contributed by atoms with E-state index in [1.807, 2.05) is 0 Å². The average Bonchev–Trinajstić information content (AvgIpc) is 3.12. The fourth-order valence-electron chi connectivity index (χ4n) is 6.70. The highest BCUT2D eigenvalue weighted by atomic mass is 15.1. The summed E-state index contributed by atoms with van der Waals surface area (Å²) in [6.07, 6.45) is 1.54. The molecule has 0 aliphatic heterocycles. The van der Waals surface area contributed by atoms with Crippen LogP contribution >= 0.6 is 0 Å². The molecule has 0 radical (unpaired) electrons. The maximum atomic E-state index is 6.32. The molecule has 0 fully saturated rings. The molecule has 0 spiro atoms. The Morgan fingerprint density at radius 3 is 0.913 bits per heavy atom. The molecule has 0 unspecified atom stereocenters. The molecular formula is C42H38N4. The number of rotatable bonds is 10. The van der Waals surface area contributed by atoms with Crippen molar-refractivity contribution in [1.82, 2.24) is 0 Å². The first-order chi connectivity index (χ1) is 22.8. The fourth-order valence-corrected chi connectivity index (χ4v) is 6.70. The zero-order chi connectivity index (χ0) is 31.3. The first-order valence-electron chi connectivity index (χ1n) is 16.0. The monoisotopic (exact) mass is 598 g/mol. The molecule has 7 rings (SSSR count). The molecule has 0 heterocycles. The van der Waals surface area contributed by atoms with Crippen molar-refractivity contribution >= 4 is 55.7 Å². The van der Waals surface area contributed by atoms with E-state index in [0.717, 1.165) is 47.0 Å². The third-order valence-corrected chi connectivity index (χ3v) is 8.67. The van der Waals surface area contributed by atoms with Gasteiger partial charge in [-0.25, -0.2) is 0 Å². The molecule has 0 saturated carbocycles. The summed E-state index contributed by atoms with van der Waals surface area (Å²) in [6, 6.07) is 55.9. The lowest BCUT2D eigenvalue weighted by atomic mass is 9.88. The lowest BCUT2D eigenvalue weighted by molar-refractivity contribution is 0.920. The quantitative estimate of drug-likeness (QED) is 0.154. The number of fused-ring (bicyclic) bond motifs is 3. The number of anilines is 6. The van der Waals surface area contributed by atoms with Crippen molar-refractivity contribution in [3.8, 4) is 0 Å². The van der Waals surface area contributed by atoms with Gasteiger partial charge in [0.15, 0.2) is 0 Å². The van der Waals surface area contributed by atoms with Crippen molar-refractivity contribution in [2.75, 3.05) is 22.9 Å². The second-order valence-corrected chi connectivity index (χ2v) is 11.5. The Balaban J connectivity index is 1.47. The van der Waals surface area contributed by atoms with Gasteiger partial charge in [0, 0.05) is 34.1 Å². The van der Waals surface area contributed by atoms with Crippen LogP contribution in [0.1, 0.15) is 11.1 Å². The van der Waals surface area contributed by atoms with Crippen LogP contribution in [0.5, 0.6) is 0 Å². The Hall–Kier alpha value is -5.42. The SMILES string of the molecule is NCCc1c(CCN)c2cc(N(c3ccccc3)c3ccccc3)ccc2c2ccc(N(c3ccccc3)c3ccccc3)cc12. The van der Waals surface area contributed by atoms with E-state index < -0.39 is 0 Å². The van der Waals surface area contributed by atoms with E-state index in [1.54, 1.807) is 0 Å². The van der Waals surface area contributed by atoms with Crippen molar-refractivity contribution in [2.24, 2.45) is 11.5 Å². The molecule has 0 saturated heterocycles. The molecule has 46 heavy (non-hydrogen) atoms. The maximum absolute atomic E-state index is 6.32. The van der Waals surface area contributed by atoms with E-state index in [-0.39, 0.29) is 0 Å². The highest BCUT2D eigenvalue weighted by molar-refractivity contribution is 6.13. The predicted octanol–water partition coefficient (Wildman–Crippen LogP) is 9.93. The van der Waals surface area contributed by atoms with Gasteiger partial charge in [0.1, 0.15) is 0 Å². The molecule has 0 aliphatic rings. The van der Waals surface area contributed by atoms with Crippen LogP contribution in [0.15, 0.2) is 158 Å². The van der Waals surface area contributed by atoms with Crippen LogP contribution in [0, 0.1) is 0 Å². The third-order valence-electron chi connectivity index (χ3n) is 8.67. The highest BCUT2D eigenvalue weighted by Gasteiger charge is 2.20. The van der Waals surface area contributed by atoms with E-state index in [0.29, 0.717) is 13.1 Å². The molecule has 0 amide bonds. The predicted molar refractivity (Wildman–Crippen MR) is 196 cm³/mol. The van der Waals surface area contributed by atoms with Crippen molar-refractivity contribution in [3.63, 3.8) is 0 Å². The van der Waals surface area contributed by atoms with Crippen molar-refractivity contribution in [3.05, 3.63) is 169 Å². The number of para-hydroxylation sites is 4. The molecule has 4 nitrogen and oxygen atoms in total. The second-order valence-electron chi connectivity index (χ2n) is 11.5. The summed E-state index contributed by atoms with van der Waals surface area (Å²) in [5.41, 5.74) is 21.9. The van der Waals surface area contributed by atoms with Gasteiger partial charge >= 0.3 is 0 Å². The number of benzene rings is 7. The molecule has 0 aromatic heterocycles. The minimum Gasteiger partial charge on any atom is -0.330 e. The van der Waals surface area contributed by atoms with E-state index in [1.165, 1.54) is 32.7 Å². The van der Waals surface area contributed by atoms with E-state index in [2.05, 4.69) is 168 Å². The van der Waals surface area contributed by atoms with Crippen molar-refractivity contribution in [1.29, 1.82) is 0 Å². The zero-order valence-corrected chi connectivity index (χ0v) is 25.9. The molecule has 0 bridgehead atoms. The zero-order valence-electron chi connectivity index (χ0n) is 25.9. The average molecular weight is 599 g/mol. The van der Waals surface area contributed by atoms with Crippen LogP contribution < -0.4 is 21.3 Å². The summed E-state index contributed by atoms with van der Waals surface area (Å²) in [5.74, 6) is 0. The molecule has 7 aromatic carbocycles. The van der Waals surface area contributed by atoms with Crippen LogP contribution in [0.25, 0.3) is 21.5 Å². The third kappa shape index (κ3) is 5.61. The van der Waals surface area contributed by atoms with E-state index >= 15 is 0 Å². The Labute approximate surface area is 271 Å². The number of nitrogens with zero attached hydrogens (tertiary/aromatic N) is 2. The molecular weight excluding hydrogens is 560 g/mol. The summed E-state index contributed by atoms with van der Waals surface area (Å²) in [4.78, 5) is 4.64. The van der Waals surface area contributed by atoms with Crippen LogP contribution in [0.4, 0.5) is 34.1 Å². The van der Waals surface area contributed by atoms with Crippen LogP contribution in [-0.2, 0) is 12.8 Å². The van der Waals surface area contributed by atoms with Gasteiger partial charge in [0.2, 0.25) is 0 Å². The van der Waals surface area contributed by atoms with Gasteiger partial charge in [-0.2, -0.15) is 0 Å². The van der Waals surface area contributed by atoms with Gasteiger partial charge in [-0.15, -0.1) is 0 Å². The van der Waals surface area contributed by atoms with Crippen LogP contribution in [0.3, 0.4) is 0 Å². The van der Waals surface area contributed by atoms with E-state index in [4.69, 9.17) is 11.5 Å². The highest BCUT2D eigenvalue weighted by Crippen LogP contribution is 2.42. The Bertz CT molecular complexity index is 1830. The summed E-state index contributed by atoms with van der Waals surface area (Å²) in [5, 5.41) is 4.90. The van der Waals surface area contributed by atoms with Gasteiger partial charge in [0.25, 0.3) is 0 Å². The molecule has 0 aliphatic carbocycles. The van der Waals surface area contributed by atoms with Gasteiger partial charge in [-0.1, -0.05) is 84.9 Å². The topological polar surface area (TPSA) is 58.5 Å². The first kappa shape index (κ1) is 29.3. The summed E-state index contributed by atoms with van der Waals surface area (Å²) >= 11 is 0. The molecule has 4 heteroatoms. The largest absolute Gasteiger partial charge is 0.330 e. The second kappa shape index (κ2) is 13.3. The summed E-state index contributed by atoms with van der Waals surface area (Å²) < 4.78 is 0. The molecule has 4 N–H and O–H groups in total. The van der Waals surface area contributed by atoms with Crippen LogP contribution in [0.2, 0.25) is 0 Å². The number of hydrogen-bond acceptors (Lipinski definition) is 4. The van der Waals surface area contributed by atoms with Crippen molar-refractivity contribution < 1.29 is 0 Å². The molecule has 7 aromatic rings. The standard InChI is InChI=1S/C42H38N4/c43-27-25-39-40(26-28-44)42-30-36(46(33-17-9-3-10-18-33)34-19-11-4-12-20-34)22-24-38(42)37-23-21-35(29-41(37)39)45(31-13-5-1-6-14-31)32-15-7-2-8-16-32/h1-24,29-30H,25-28,43-44H2. The fraction of sp³-hybridized carbons (Fsp3) is 0.0952.